The Hall–Kier alpha value is -2.28. The molecule has 2 saturated heterocycles. The minimum Gasteiger partial charge on any atom is -0.481 e. The van der Waals surface area contributed by atoms with Crippen LogP contribution in [0.1, 0.15) is 19.3 Å². The van der Waals surface area contributed by atoms with E-state index in [9.17, 15) is 19.5 Å². The number of benzene rings is 1. The van der Waals surface area contributed by atoms with Crippen LogP contribution in [0.15, 0.2) is 24.3 Å². The zero-order valence-corrected chi connectivity index (χ0v) is 14.6. The molecule has 134 valence electrons. The van der Waals surface area contributed by atoms with Gasteiger partial charge < -0.3 is 20.2 Å². The van der Waals surface area contributed by atoms with Crippen LogP contribution in [0.5, 0.6) is 0 Å². The average molecular weight is 366 g/mol. The summed E-state index contributed by atoms with van der Waals surface area (Å²) < 4.78 is 0. The lowest BCUT2D eigenvalue weighted by Crippen LogP contribution is -2.57. The van der Waals surface area contributed by atoms with E-state index in [1.807, 2.05) is 0 Å². The third-order valence-corrected chi connectivity index (χ3v) is 5.63. The van der Waals surface area contributed by atoms with Crippen molar-refractivity contribution in [1.82, 2.24) is 9.80 Å². The fourth-order valence-electron chi connectivity index (χ4n) is 3.82. The summed E-state index contributed by atoms with van der Waals surface area (Å²) in [5.74, 6) is -1.81. The van der Waals surface area contributed by atoms with E-state index in [2.05, 4.69) is 5.32 Å². The number of carboxylic acid groups (broad SMARTS) is 1. The Morgan fingerprint density at radius 2 is 1.84 bits per heavy atom. The number of amides is 3. The van der Waals surface area contributed by atoms with Gasteiger partial charge in [-0.15, -0.1) is 0 Å². The van der Waals surface area contributed by atoms with Crippen LogP contribution in [-0.2, 0) is 9.59 Å². The van der Waals surface area contributed by atoms with Gasteiger partial charge in [-0.1, -0.05) is 11.6 Å². The summed E-state index contributed by atoms with van der Waals surface area (Å²) in [6, 6.07) is 6.58. The Bertz CT molecular complexity index is 698. The monoisotopic (exact) mass is 365 g/mol. The van der Waals surface area contributed by atoms with Crippen LogP contribution in [-0.4, -0.2) is 58.5 Å². The maximum atomic E-state index is 12.4. The van der Waals surface area contributed by atoms with Crippen LogP contribution in [0, 0.1) is 5.92 Å². The molecule has 0 unspecified atom stereocenters. The second-order valence-corrected chi connectivity index (χ2v) is 7.01. The molecule has 2 aliphatic heterocycles. The van der Waals surface area contributed by atoms with E-state index in [0.717, 1.165) is 0 Å². The minimum absolute atomic E-state index is 0.0306. The highest BCUT2D eigenvalue weighted by Gasteiger charge is 2.55. The van der Waals surface area contributed by atoms with Crippen molar-refractivity contribution in [2.45, 2.75) is 24.8 Å². The van der Waals surface area contributed by atoms with Crippen molar-refractivity contribution >= 4 is 35.2 Å². The molecule has 3 rings (SSSR count). The van der Waals surface area contributed by atoms with Crippen LogP contribution in [0.4, 0.5) is 10.5 Å². The van der Waals surface area contributed by atoms with Crippen molar-refractivity contribution in [2.24, 2.45) is 5.92 Å². The summed E-state index contributed by atoms with van der Waals surface area (Å²) in [4.78, 5) is 39.2. The van der Waals surface area contributed by atoms with Crippen molar-refractivity contribution in [3.8, 4) is 0 Å². The standard InChI is InChI=1S/C17H20ClN3O4/c1-20-14(22)10-13(15(23)24)17(20)6-8-21(9-7-17)16(25)19-12-4-2-11(18)3-5-12/h2-5,13H,6-10H2,1H3,(H,19,25)(H,23,24)/t13-/m0/s1. The zero-order valence-electron chi connectivity index (χ0n) is 13.9. The highest BCUT2D eigenvalue weighted by atomic mass is 35.5. The quantitative estimate of drug-likeness (QED) is 0.841. The van der Waals surface area contributed by atoms with Gasteiger partial charge in [-0.2, -0.15) is 0 Å². The first-order valence-electron chi connectivity index (χ1n) is 8.14. The number of carboxylic acids is 1. The molecular formula is C17H20ClN3O4. The summed E-state index contributed by atoms with van der Waals surface area (Å²) in [5, 5.41) is 12.9. The highest BCUT2D eigenvalue weighted by Crippen LogP contribution is 2.42. The number of anilines is 1. The molecule has 2 heterocycles. The van der Waals surface area contributed by atoms with Crippen LogP contribution < -0.4 is 5.32 Å². The molecule has 1 aromatic rings. The Morgan fingerprint density at radius 1 is 1.24 bits per heavy atom. The number of nitrogens with zero attached hydrogens (tertiary/aromatic N) is 2. The molecule has 1 spiro atoms. The predicted molar refractivity (Wildman–Crippen MR) is 92.5 cm³/mol. The van der Waals surface area contributed by atoms with E-state index in [1.165, 1.54) is 0 Å². The lowest BCUT2D eigenvalue weighted by atomic mass is 9.77. The maximum Gasteiger partial charge on any atom is 0.321 e. The predicted octanol–water partition coefficient (Wildman–Crippen LogP) is 2.27. The molecule has 0 radical (unpaired) electrons. The average Bonchev–Trinajstić information content (AvgIpc) is 2.83. The van der Waals surface area contributed by atoms with Crippen LogP contribution in [0.2, 0.25) is 5.02 Å². The summed E-state index contributed by atoms with van der Waals surface area (Å²) in [7, 11) is 1.66. The SMILES string of the molecule is CN1C(=O)C[C@@H](C(=O)O)C12CCN(C(=O)Nc1ccc(Cl)cc1)CC2. The number of piperidine rings is 1. The summed E-state index contributed by atoms with van der Waals surface area (Å²) in [5.41, 5.74) is -0.0498. The third kappa shape index (κ3) is 3.16. The molecular weight excluding hydrogens is 346 g/mol. The molecule has 1 aromatic carbocycles. The van der Waals surface area contributed by atoms with E-state index in [1.54, 1.807) is 41.1 Å². The normalized spacial score (nSPS) is 22.3. The van der Waals surface area contributed by atoms with Gasteiger partial charge in [0.1, 0.15) is 0 Å². The molecule has 2 fully saturated rings. The molecule has 2 N–H and O–H groups in total. The second kappa shape index (κ2) is 6.55. The van der Waals surface area contributed by atoms with Crippen molar-refractivity contribution < 1.29 is 19.5 Å². The molecule has 7 nitrogen and oxygen atoms in total. The first-order chi connectivity index (χ1) is 11.8. The number of rotatable bonds is 2. The lowest BCUT2D eigenvalue weighted by Gasteiger charge is -2.45. The lowest BCUT2D eigenvalue weighted by molar-refractivity contribution is -0.145. The first-order valence-corrected chi connectivity index (χ1v) is 8.52. The number of carbonyl (C=O) groups is 3. The molecule has 8 heteroatoms. The van der Waals surface area contributed by atoms with Crippen LogP contribution in [0.3, 0.4) is 0 Å². The Morgan fingerprint density at radius 3 is 2.40 bits per heavy atom. The molecule has 0 saturated carbocycles. The topological polar surface area (TPSA) is 90.0 Å². The summed E-state index contributed by atoms with van der Waals surface area (Å²) >= 11 is 5.83. The maximum absolute atomic E-state index is 12.4. The fourth-order valence-corrected chi connectivity index (χ4v) is 3.94. The molecule has 1 atom stereocenters. The van der Waals surface area contributed by atoms with Gasteiger partial charge in [0.2, 0.25) is 5.91 Å². The van der Waals surface area contributed by atoms with E-state index in [0.29, 0.717) is 36.6 Å². The molecule has 3 amide bonds. The summed E-state index contributed by atoms with van der Waals surface area (Å²) in [6.07, 6.45) is 0.948. The van der Waals surface area contributed by atoms with Gasteiger partial charge in [-0.3, -0.25) is 9.59 Å². The molecule has 2 aliphatic rings. The third-order valence-electron chi connectivity index (χ3n) is 5.38. The molecule has 0 bridgehead atoms. The fraction of sp³-hybridized carbons (Fsp3) is 0.471. The van der Waals surface area contributed by atoms with Crippen molar-refractivity contribution in [3.05, 3.63) is 29.3 Å². The van der Waals surface area contributed by atoms with Gasteiger partial charge in [-0.25, -0.2) is 4.79 Å². The van der Waals surface area contributed by atoms with Gasteiger partial charge in [0.05, 0.1) is 11.5 Å². The number of aliphatic carboxylic acids is 1. The van der Waals surface area contributed by atoms with E-state index in [4.69, 9.17) is 11.6 Å². The number of hydrogen-bond donors (Lipinski definition) is 2. The Kier molecular flexibility index (Phi) is 4.60. The summed E-state index contributed by atoms with van der Waals surface area (Å²) in [6.45, 7) is 0.807. The van der Waals surface area contributed by atoms with Gasteiger partial charge in [0.15, 0.2) is 0 Å². The van der Waals surface area contributed by atoms with Gasteiger partial charge >= 0.3 is 12.0 Å². The first kappa shape index (κ1) is 17.5. The molecule has 0 aromatic heterocycles. The van der Waals surface area contributed by atoms with Gasteiger partial charge in [-0.05, 0) is 37.1 Å². The van der Waals surface area contributed by atoms with Crippen molar-refractivity contribution in [2.75, 3.05) is 25.5 Å². The number of likely N-dealkylation sites (tertiary alicyclic amines) is 2. The number of urea groups is 1. The number of nitrogens with one attached hydrogen (secondary N) is 1. The minimum atomic E-state index is -0.947. The second-order valence-electron chi connectivity index (χ2n) is 6.58. The largest absolute Gasteiger partial charge is 0.481 e. The smallest absolute Gasteiger partial charge is 0.321 e. The van der Waals surface area contributed by atoms with E-state index < -0.39 is 17.4 Å². The number of hydrogen-bond acceptors (Lipinski definition) is 3. The van der Waals surface area contributed by atoms with Crippen LogP contribution >= 0.6 is 11.6 Å². The zero-order chi connectivity index (χ0) is 18.2. The highest BCUT2D eigenvalue weighted by molar-refractivity contribution is 6.30. The van der Waals surface area contributed by atoms with Gasteiger partial charge in [0.25, 0.3) is 0 Å². The van der Waals surface area contributed by atoms with Crippen LogP contribution in [0.25, 0.3) is 0 Å². The molecule has 25 heavy (non-hydrogen) atoms. The van der Waals surface area contributed by atoms with E-state index >= 15 is 0 Å². The van der Waals surface area contributed by atoms with Gasteiger partial charge in [0, 0.05) is 37.3 Å². The molecule has 0 aliphatic carbocycles. The Balaban J connectivity index is 1.66. The van der Waals surface area contributed by atoms with E-state index in [-0.39, 0.29) is 18.4 Å². The number of carbonyl (C=O) groups excluding carboxylic acids is 2. The number of halogens is 1. The van der Waals surface area contributed by atoms with Crippen molar-refractivity contribution in [1.29, 1.82) is 0 Å². The Labute approximate surface area is 150 Å². The van der Waals surface area contributed by atoms with Crippen molar-refractivity contribution in [3.63, 3.8) is 0 Å².